The van der Waals surface area contributed by atoms with E-state index in [1.807, 2.05) is 0 Å². The molecule has 0 radical (unpaired) electrons. The molecule has 26 heavy (non-hydrogen) atoms. The SMILES string of the molecule is O=C(CN1C(=O)c2ccccc2S1(=O)=O)Nc1ccc(C(F)(F)F)cc1. The molecule has 0 aliphatic carbocycles. The normalized spacial score (nSPS) is 15.7. The minimum Gasteiger partial charge on any atom is -0.325 e. The summed E-state index contributed by atoms with van der Waals surface area (Å²) in [5.41, 5.74) is -0.873. The predicted molar refractivity (Wildman–Crippen MR) is 84.7 cm³/mol. The van der Waals surface area contributed by atoms with Gasteiger partial charge < -0.3 is 5.32 Å². The molecule has 0 aromatic heterocycles. The third-order valence-electron chi connectivity index (χ3n) is 3.70. The number of halogens is 3. The highest BCUT2D eigenvalue weighted by molar-refractivity contribution is 7.90. The van der Waals surface area contributed by atoms with Crippen molar-refractivity contribution in [3.63, 3.8) is 0 Å². The zero-order chi connectivity index (χ0) is 19.1. The molecule has 1 aliphatic heterocycles. The maximum atomic E-state index is 12.5. The van der Waals surface area contributed by atoms with Crippen LogP contribution in [0.4, 0.5) is 18.9 Å². The predicted octanol–water partition coefficient (Wildman–Crippen LogP) is 2.49. The van der Waals surface area contributed by atoms with Crippen molar-refractivity contribution >= 4 is 27.5 Å². The van der Waals surface area contributed by atoms with Crippen molar-refractivity contribution in [2.45, 2.75) is 11.1 Å². The zero-order valence-corrected chi connectivity index (χ0v) is 13.8. The number of carbonyl (C=O) groups excluding carboxylic acids is 2. The van der Waals surface area contributed by atoms with Crippen molar-refractivity contribution in [2.24, 2.45) is 0 Å². The van der Waals surface area contributed by atoms with Gasteiger partial charge in [0.25, 0.3) is 15.9 Å². The Morgan fingerprint density at radius 3 is 2.23 bits per heavy atom. The summed E-state index contributed by atoms with van der Waals surface area (Å²) in [5.74, 6) is -1.68. The second kappa shape index (κ2) is 6.13. The highest BCUT2D eigenvalue weighted by Gasteiger charge is 2.41. The molecule has 0 saturated heterocycles. The second-order valence-corrected chi connectivity index (χ2v) is 7.27. The number of nitrogens with zero attached hydrogens (tertiary/aromatic N) is 1. The summed E-state index contributed by atoms with van der Waals surface area (Å²) in [6.07, 6.45) is -4.51. The molecule has 2 aromatic rings. The van der Waals surface area contributed by atoms with Crippen LogP contribution in [0.1, 0.15) is 15.9 Å². The molecule has 10 heteroatoms. The summed E-state index contributed by atoms with van der Waals surface area (Å²) in [5, 5.41) is 2.27. The van der Waals surface area contributed by atoms with E-state index >= 15 is 0 Å². The summed E-state index contributed by atoms with van der Waals surface area (Å²) in [6.45, 7) is -0.781. The van der Waals surface area contributed by atoms with Gasteiger partial charge in [-0.05, 0) is 36.4 Å². The van der Waals surface area contributed by atoms with Gasteiger partial charge in [0, 0.05) is 5.69 Å². The Kier molecular flexibility index (Phi) is 4.23. The molecular formula is C16H11F3N2O4S. The van der Waals surface area contributed by atoms with Crippen molar-refractivity contribution < 1.29 is 31.2 Å². The van der Waals surface area contributed by atoms with Gasteiger partial charge in [-0.15, -0.1) is 0 Å². The molecule has 0 saturated carbocycles. The van der Waals surface area contributed by atoms with Gasteiger partial charge in [-0.2, -0.15) is 13.2 Å². The number of amides is 2. The van der Waals surface area contributed by atoms with Crippen LogP contribution in [0, 0.1) is 0 Å². The summed E-state index contributed by atoms with van der Waals surface area (Å²) in [6, 6.07) is 9.19. The maximum Gasteiger partial charge on any atom is 0.416 e. The summed E-state index contributed by atoms with van der Waals surface area (Å²) in [7, 11) is -4.13. The average Bonchev–Trinajstić information content (AvgIpc) is 2.76. The number of carbonyl (C=O) groups is 2. The molecule has 136 valence electrons. The number of rotatable bonds is 3. The van der Waals surface area contributed by atoms with Gasteiger partial charge in [-0.1, -0.05) is 12.1 Å². The topological polar surface area (TPSA) is 83.6 Å². The maximum absolute atomic E-state index is 12.5. The van der Waals surface area contributed by atoms with Crippen molar-refractivity contribution in [3.8, 4) is 0 Å². The van der Waals surface area contributed by atoms with Crippen LogP contribution >= 0.6 is 0 Å². The van der Waals surface area contributed by atoms with Crippen molar-refractivity contribution in [1.82, 2.24) is 4.31 Å². The van der Waals surface area contributed by atoms with Crippen LogP contribution in [0.5, 0.6) is 0 Å². The summed E-state index contributed by atoms with van der Waals surface area (Å²) < 4.78 is 62.6. The van der Waals surface area contributed by atoms with E-state index in [0.717, 1.165) is 24.3 Å². The largest absolute Gasteiger partial charge is 0.416 e. The van der Waals surface area contributed by atoms with Crippen LogP contribution in [0.15, 0.2) is 53.4 Å². The van der Waals surface area contributed by atoms with Crippen LogP contribution < -0.4 is 5.32 Å². The number of anilines is 1. The van der Waals surface area contributed by atoms with E-state index in [1.54, 1.807) is 0 Å². The zero-order valence-electron chi connectivity index (χ0n) is 12.9. The van der Waals surface area contributed by atoms with Crippen molar-refractivity contribution in [2.75, 3.05) is 11.9 Å². The lowest BCUT2D eigenvalue weighted by Gasteiger charge is -2.15. The van der Waals surface area contributed by atoms with Crippen molar-refractivity contribution in [3.05, 3.63) is 59.7 Å². The number of hydrogen-bond donors (Lipinski definition) is 1. The highest BCUT2D eigenvalue weighted by Crippen LogP contribution is 2.31. The molecule has 0 spiro atoms. The van der Waals surface area contributed by atoms with Gasteiger partial charge in [-0.25, -0.2) is 12.7 Å². The Morgan fingerprint density at radius 1 is 1.04 bits per heavy atom. The third-order valence-corrected chi connectivity index (χ3v) is 5.48. The molecule has 2 amide bonds. The fourth-order valence-corrected chi connectivity index (χ4v) is 3.99. The minimum absolute atomic E-state index is 0.0326. The smallest absolute Gasteiger partial charge is 0.325 e. The third kappa shape index (κ3) is 3.15. The van der Waals surface area contributed by atoms with Gasteiger partial charge >= 0.3 is 6.18 Å². The van der Waals surface area contributed by atoms with Gasteiger partial charge in [0.2, 0.25) is 5.91 Å². The van der Waals surface area contributed by atoms with Crippen LogP contribution in [0.2, 0.25) is 0 Å². The van der Waals surface area contributed by atoms with E-state index in [9.17, 15) is 31.2 Å². The number of benzene rings is 2. The quantitative estimate of drug-likeness (QED) is 0.881. The van der Waals surface area contributed by atoms with Gasteiger partial charge in [0.15, 0.2) is 0 Å². The monoisotopic (exact) mass is 384 g/mol. The van der Waals surface area contributed by atoms with Crippen molar-refractivity contribution in [1.29, 1.82) is 0 Å². The molecule has 1 heterocycles. The van der Waals surface area contributed by atoms with E-state index in [0.29, 0.717) is 4.31 Å². The number of sulfonamides is 1. The molecule has 6 nitrogen and oxygen atoms in total. The first-order valence-electron chi connectivity index (χ1n) is 7.24. The molecule has 3 rings (SSSR count). The highest BCUT2D eigenvalue weighted by atomic mass is 32.2. The lowest BCUT2D eigenvalue weighted by atomic mass is 10.2. The Balaban J connectivity index is 1.74. The van der Waals surface area contributed by atoms with E-state index in [4.69, 9.17) is 0 Å². The molecule has 0 fully saturated rings. The molecule has 1 aliphatic rings. The molecule has 0 unspecified atom stereocenters. The second-order valence-electron chi connectivity index (χ2n) is 5.44. The number of nitrogens with one attached hydrogen (secondary N) is 1. The Labute approximate surface area is 146 Å². The summed E-state index contributed by atoms with van der Waals surface area (Å²) >= 11 is 0. The molecular weight excluding hydrogens is 373 g/mol. The fraction of sp³-hybridized carbons (Fsp3) is 0.125. The molecule has 0 bridgehead atoms. The fourth-order valence-electron chi connectivity index (χ4n) is 2.46. The van der Waals surface area contributed by atoms with Crippen LogP contribution in [0.3, 0.4) is 0 Å². The lowest BCUT2D eigenvalue weighted by Crippen LogP contribution is -2.37. The van der Waals surface area contributed by atoms with E-state index in [-0.39, 0.29) is 16.1 Å². The standard InChI is InChI=1S/C16H11F3N2O4S/c17-16(18,19)10-5-7-11(8-6-10)20-14(22)9-21-15(23)12-3-1-2-4-13(12)26(21,24)25/h1-8H,9H2,(H,20,22). The first-order valence-corrected chi connectivity index (χ1v) is 8.68. The molecule has 2 aromatic carbocycles. The van der Waals surface area contributed by atoms with E-state index < -0.39 is 40.1 Å². The van der Waals surface area contributed by atoms with Crippen LogP contribution in [-0.4, -0.2) is 31.1 Å². The summed E-state index contributed by atoms with van der Waals surface area (Å²) in [4.78, 5) is 24.1. The number of hydrogen-bond acceptors (Lipinski definition) is 4. The first-order chi connectivity index (χ1) is 12.1. The van der Waals surface area contributed by atoms with Gasteiger partial charge in [0.05, 0.1) is 11.1 Å². The van der Waals surface area contributed by atoms with E-state index in [2.05, 4.69) is 5.32 Å². The Bertz CT molecular complexity index is 985. The Morgan fingerprint density at radius 2 is 1.65 bits per heavy atom. The van der Waals surface area contributed by atoms with Gasteiger partial charge in [-0.3, -0.25) is 9.59 Å². The minimum atomic E-state index is -4.51. The van der Waals surface area contributed by atoms with Gasteiger partial charge in [0.1, 0.15) is 11.4 Å². The molecule has 0 atom stereocenters. The van der Waals surface area contributed by atoms with E-state index in [1.165, 1.54) is 24.3 Å². The number of alkyl halides is 3. The first kappa shape index (κ1) is 17.9. The lowest BCUT2D eigenvalue weighted by molar-refractivity contribution is -0.137. The Hall–Kier alpha value is -2.88. The molecule has 1 N–H and O–H groups in total. The van der Waals surface area contributed by atoms with Crippen LogP contribution in [-0.2, 0) is 21.0 Å². The average molecular weight is 384 g/mol. The number of fused-ring (bicyclic) bond motifs is 1. The van der Waals surface area contributed by atoms with Crippen LogP contribution in [0.25, 0.3) is 0 Å².